The van der Waals surface area contributed by atoms with Crippen molar-refractivity contribution in [2.24, 2.45) is 16.7 Å². The molecule has 3 atom stereocenters. The normalized spacial score (nSPS) is 48.2. The van der Waals surface area contributed by atoms with Crippen molar-refractivity contribution in [2.75, 3.05) is 0 Å². The summed E-state index contributed by atoms with van der Waals surface area (Å²) in [4.78, 5) is 11.5. The lowest BCUT2D eigenvalue weighted by Crippen LogP contribution is -2.60. The molecule has 0 amide bonds. The molecule has 2 saturated carbocycles. The standard InChI is InChI=1S/C11H18O2/c1-10(2)7-6-9(13)11(7,3)5-4-8(10)12/h7-8,12H,4-6H2,1-3H3. The molecule has 3 unspecified atom stereocenters. The molecule has 0 aliphatic heterocycles. The predicted octanol–water partition coefficient (Wildman–Crippen LogP) is 1.76. The van der Waals surface area contributed by atoms with E-state index < -0.39 is 0 Å². The summed E-state index contributed by atoms with van der Waals surface area (Å²) in [6, 6.07) is 0. The van der Waals surface area contributed by atoms with Crippen molar-refractivity contribution in [3.63, 3.8) is 0 Å². The lowest BCUT2D eigenvalue weighted by Gasteiger charge is -2.58. The number of carbonyl (C=O) groups excluding carboxylic acids is 1. The molecule has 1 N–H and O–H groups in total. The lowest BCUT2D eigenvalue weighted by molar-refractivity contribution is -0.174. The van der Waals surface area contributed by atoms with Crippen LogP contribution in [0.4, 0.5) is 0 Å². The van der Waals surface area contributed by atoms with Gasteiger partial charge in [-0.2, -0.15) is 0 Å². The van der Waals surface area contributed by atoms with Gasteiger partial charge in [-0.15, -0.1) is 0 Å². The number of hydrogen-bond donors (Lipinski definition) is 1. The average Bonchev–Trinajstić information content (AvgIpc) is 2.06. The largest absolute Gasteiger partial charge is 0.393 e. The van der Waals surface area contributed by atoms with Gasteiger partial charge >= 0.3 is 0 Å². The smallest absolute Gasteiger partial charge is 0.139 e. The molecule has 2 heteroatoms. The van der Waals surface area contributed by atoms with Crippen LogP contribution in [0.3, 0.4) is 0 Å². The van der Waals surface area contributed by atoms with Crippen molar-refractivity contribution in [3.05, 3.63) is 0 Å². The molecule has 0 saturated heterocycles. The van der Waals surface area contributed by atoms with E-state index in [1.54, 1.807) is 0 Å². The summed E-state index contributed by atoms with van der Waals surface area (Å²) in [6.45, 7) is 6.25. The molecular weight excluding hydrogens is 164 g/mol. The molecule has 2 aliphatic rings. The van der Waals surface area contributed by atoms with E-state index in [-0.39, 0.29) is 16.9 Å². The molecular formula is C11H18O2. The highest BCUT2D eigenvalue weighted by Gasteiger charge is 2.60. The predicted molar refractivity (Wildman–Crippen MR) is 50.2 cm³/mol. The topological polar surface area (TPSA) is 37.3 Å². The van der Waals surface area contributed by atoms with Gasteiger partial charge in [0.1, 0.15) is 5.78 Å². The first-order valence-electron chi connectivity index (χ1n) is 5.10. The Bertz CT molecular complexity index is 257. The summed E-state index contributed by atoms with van der Waals surface area (Å²) in [6.07, 6.45) is 2.12. The highest BCUT2D eigenvalue weighted by molar-refractivity contribution is 5.91. The Morgan fingerprint density at radius 1 is 1.38 bits per heavy atom. The Hall–Kier alpha value is -0.370. The molecule has 2 aliphatic carbocycles. The maximum absolute atomic E-state index is 11.5. The molecule has 2 fully saturated rings. The molecule has 2 nitrogen and oxygen atoms in total. The van der Waals surface area contributed by atoms with Crippen molar-refractivity contribution in [1.82, 2.24) is 0 Å². The zero-order chi connectivity index (χ0) is 9.85. The number of aliphatic hydroxyl groups is 1. The number of aliphatic hydroxyl groups excluding tert-OH is 1. The lowest BCUT2D eigenvalue weighted by atomic mass is 9.45. The van der Waals surface area contributed by atoms with Crippen LogP contribution >= 0.6 is 0 Å². The van der Waals surface area contributed by atoms with Gasteiger partial charge in [-0.1, -0.05) is 20.8 Å². The molecule has 0 heterocycles. The Morgan fingerprint density at radius 2 is 2.00 bits per heavy atom. The highest BCUT2D eigenvalue weighted by Crippen LogP contribution is 2.59. The van der Waals surface area contributed by atoms with Crippen molar-refractivity contribution in [2.45, 2.75) is 46.1 Å². The van der Waals surface area contributed by atoms with Crippen LogP contribution in [0.1, 0.15) is 40.0 Å². The van der Waals surface area contributed by atoms with E-state index in [9.17, 15) is 9.90 Å². The number of Topliss-reactive ketones (excluding diaryl/α,β-unsaturated/α-hetero) is 1. The summed E-state index contributed by atoms with van der Waals surface area (Å²) < 4.78 is 0. The van der Waals surface area contributed by atoms with Gasteiger partial charge in [-0.05, 0) is 24.2 Å². The van der Waals surface area contributed by atoms with Gasteiger partial charge in [0.25, 0.3) is 0 Å². The third kappa shape index (κ3) is 0.954. The van der Waals surface area contributed by atoms with Crippen LogP contribution in [0.25, 0.3) is 0 Å². The SMILES string of the molecule is CC12CCC(O)C(C)(C)C1CC2=O. The van der Waals surface area contributed by atoms with Crippen LogP contribution in [-0.4, -0.2) is 17.0 Å². The fourth-order valence-electron chi connectivity index (χ4n) is 3.15. The number of carbonyl (C=O) groups is 1. The number of rotatable bonds is 0. The van der Waals surface area contributed by atoms with Gasteiger partial charge in [0.15, 0.2) is 0 Å². The average molecular weight is 182 g/mol. The summed E-state index contributed by atoms with van der Waals surface area (Å²) in [5.74, 6) is 0.800. The molecule has 74 valence electrons. The first-order valence-corrected chi connectivity index (χ1v) is 5.10. The zero-order valence-corrected chi connectivity index (χ0v) is 8.63. The van der Waals surface area contributed by atoms with Crippen molar-refractivity contribution in [3.8, 4) is 0 Å². The first-order chi connectivity index (χ1) is 5.89. The fraction of sp³-hybridized carbons (Fsp3) is 0.909. The Kier molecular flexibility index (Phi) is 1.66. The van der Waals surface area contributed by atoms with Crippen LogP contribution in [-0.2, 0) is 4.79 Å². The third-order valence-electron chi connectivity index (χ3n) is 4.49. The van der Waals surface area contributed by atoms with Crippen LogP contribution in [0, 0.1) is 16.7 Å². The number of ketones is 1. The molecule has 0 aromatic heterocycles. The third-order valence-corrected chi connectivity index (χ3v) is 4.49. The second kappa shape index (κ2) is 2.35. The molecule has 0 spiro atoms. The van der Waals surface area contributed by atoms with Crippen molar-refractivity contribution >= 4 is 5.78 Å². The number of hydrogen-bond acceptors (Lipinski definition) is 2. The molecule has 0 aromatic carbocycles. The summed E-state index contributed by atoms with van der Waals surface area (Å²) >= 11 is 0. The van der Waals surface area contributed by atoms with E-state index in [2.05, 4.69) is 20.8 Å². The summed E-state index contributed by atoms with van der Waals surface area (Å²) in [5, 5.41) is 9.85. The van der Waals surface area contributed by atoms with Gasteiger partial charge in [0.05, 0.1) is 6.10 Å². The quantitative estimate of drug-likeness (QED) is 0.620. The summed E-state index contributed by atoms with van der Waals surface area (Å²) in [7, 11) is 0. The van der Waals surface area contributed by atoms with Crippen molar-refractivity contribution < 1.29 is 9.90 Å². The van der Waals surface area contributed by atoms with E-state index >= 15 is 0 Å². The minimum absolute atomic E-state index is 0.0685. The fourth-order valence-corrected chi connectivity index (χ4v) is 3.15. The summed E-state index contributed by atoms with van der Waals surface area (Å²) in [5.41, 5.74) is -0.177. The van der Waals surface area contributed by atoms with Crippen LogP contribution in [0.5, 0.6) is 0 Å². The van der Waals surface area contributed by atoms with Gasteiger partial charge in [-0.3, -0.25) is 4.79 Å². The van der Waals surface area contributed by atoms with E-state index in [1.807, 2.05) is 0 Å². The van der Waals surface area contributed by atoms with Crippen LogP contribution in [0.2, 0.25) is 0 Å². The first kappa shape index (κ1) is 9.20. The monoisotopic (exact) mass is 182 g/mol. The molecule has 0 aromatic rings. The maximum Gasteiger partial charge on any atom is 0.139 e. The van der Waals surface area contributed by atoms with Crippen LogP contribution < -0.4 is 0 Å². The van der Waals surface area contributed by atoms with Crippen LogP contribution in [0.15, 0.2) is 0 Å². The van der Waals surface area contributed by atoms with E-state index in [1.165, 1.54) is 0 Å². The number of fused-ring (bicyclic) bond motifs is 1. The second-order valence-electron chi connectivity index (χ2n) is 5.47. The minimum Gasteiger partial charge on any atom is -0.393 e. The molecule has 0 bridgehead atoms. The van der Waals surface area contributed by atoms with E-state index in [0.29, 0.717) is 18.1 Å². The van der Waals surface area contributed by atoms with Crippen molar-refractivity contribution in [1.29, 1.82) is 0 Å². The Balaban J connectivity index is 2.29. The highest BCUT2D eigenvalue weighted by atomic mass is 16.3. The Labute approximate surface area is 79.3 Å². The van der Waals surface area contributed by atoms with E-state index in [0.717, 1.165) is 12.8 Å². The molecule has 2 rings (SSSR count). The minimum atomic E-state index is -0.223. The van der Waals surface area contributed by atoms with Gasteiger partial charge in [0, 0.05) is 11.8 Å². The Morgan fingerprint density at radius 3 is 2.54 bits per heavy atom. The van der Waals surface area contributed by atoms with E-state index in [4.69, 9.17) is 0 Å². The maximum atomic E-state index is 11.5. The second-order valence-corrected chi connectivity index (χ2v) is 5.47. The van der Waals surface area contributed by atoms with Gasteiger partial charge < -0.3 is 5.11 Å². The molecule has 0 radical (unpaired) electrons. The van der Waals surface area contributed by atoms with Gasteiger partial charge in [0.2, 0.25) is 0 Å². The molecule has 13 heavy (non-hydrogen) atoms. The zero-order valence-electron chi connectivity index (χ0n) is 8.63. The van der Waals surface area contributed by atoms with Gasteiger partial charge in [-0.25, -0.2) is 0 Å².